The molecule has 0 aliphatic carbocycles. The molecule has 230 valence electrons. The molecule has 0 aliphatic rings. The molecular formula is C45H25N5. The van der Waals surface area contributed by atoms with Gasteiger partial charge in [0.2, 0.25) is 0 Å². The van der Waals surface area contributed by atoms with Gasteiger partial charge in [0.15, 0.2) is 0 Å². The standard InChI is InChI=1S/C45H25N5/c46-26-29-20-23-44-38(24-29)37-15-4-8-19-43(37)50(44)45-32(27-47)21-22-33(39(45)28-48)30-10-9-11-31(25-30)34-12-1-5-16-40(34)49-41-17-6-2-13-35(41)36-14-3-7-18-42(36)49/h1-25H. The van der Waals surface area contributed by atoms with Gasteiger partial charge in [-0.25, -0.2) is 0 Å². The number of benzene rings is 7. The van der Waals surface area contributed by atoms with Gasteiger partial charge < -0.3 is 9.13 Å². The first kappa shape index (κ1) is 28.8. The van der Waals surface area contributed by atoms with E-state index in [1.807, 2.05) is 59.2 Å². The van der Waals surface area contributed by atoms with Crippen LogP contribution in [0.25, 0.3) is 77.2 Å². The van der Waals surface area contributed by atoms with Crippen molar-refractivity contribution in [3.8, 4) is 51.8 Å². The highest BCUT2D eigenvalue weighted by atomic mass is 15.0. The van der Waals surface area contributed by atoms with Gasteiger partial charge in [-0.1, -0.05) is 97.1 Å². The summed E-state index contributed by atoms with van der Waals surface area (Å²) in [6, 6.07) is 57.9. The van der Waals surface area contributed by atoms with Crippen molar-refractivity contribution in [2.75, 3.05) is 0 Å². The lowest BCUT2D eigenvalue weighted by atomic mass is 9.93. The van der Waals surface area contributed by atoms with Gasteiger partial charge in [-0.05, 0) is 65.7 Å². The Kier molecular flexibility index (Phi) is 6.56. The largest absolute Gasteiger partial charge is 0.309 e. The molecule has 0 saturated carbocycles. The Morgan fingerprint density at radius 3 is 1.64 bits per heavy atom. The molecule has 0 radical (unpaired) electrons. The zero-order chi connectivity index (χ0) is 33.8. The molecule has 0 bridgehead atoms. The van der Waals surface area contributed by atoms with Crippen LogP contribution in [-0.2, 0) is 0 Å². The Balaban J connectivity index is 1.27. The molecule has 5 heteroatoms. The lowest BCUT2D eigenvalue weighted by Crippen LogP contribution is -2.03. The van der Waals surface area contributed by atoms with Gasteiger partial charge >= 0.3 is 0 Å². The number of para-hydroxylation sites is 4. The number of hydrogen-bond donors (Lipinski definition) is 0. The smallest absolute Gasteiger partial charge is 0.102 e. The molecule has 0 saturated heterocycles. The van der Waals surface area contributed by atoms with E-state index in [0.717, 1.165) is 60.8 Å². The quantitative estimate of drug-likeness (QED) is 0.193. The predicted molar refractivity (Wildman–Crippen MR) is 200 cm³/mol. The summed E-state index contributed by atoms with van der Waals surface area (Å²) in [6.45, 7) is 0. The lowest BCUT2D eigenvalue weighted by molar-refractivity contribution is 1.16. The maximum Gasteiger partial charge on any atom is 0.102 e. The van der Waals surface area contributed by atoms with Crippen LogP contribution in [0.5, 0.6) is 0 Å². The molecule has 7 aromatic carbocycles. The van der Waals surface area contributed by atoms with Crippen LogP contribution in [0.3, 0.4) is 0 Å². The molecule has 2 aromatic heterocycles. The first-order chi connectivity index (χ1) is 24.7. The van der Waals surface area contributed by atoms with Crippen LogP contribution in [0.15, 0.2) is 152 Å². The average molecular weight is 636 g/mol. The van der Waals surface area contributed by atoms with Gasteiger partial charge in [-0.15, -0.1) is 0 Å². The number of hydrogen-bond acceptors (Lipinski definition) is 3. The highest BCUT2D eigenvalue weighted by molar-refractivity contribution is 6.11. The van der Waals surface area contributed by atoms with Crippen molar-refractivity contribution in [1.82, 2.24) is 9.13 Å². The van der Waals surface area contributed by atoms with Crippen LogP contribution in [0.4, 0.5) is 0 Å². The average Bonchev–Trinajstić information content (AvgIpc) is 3.69. The van der Waals surface area contributed by atoms with E-state index in [4.69, 9.17) is 0 Å². The SMILES string of the molecule is N#Cc1ccc2c(c1)c1ccccc1n2-c1c(C#N)ccc(-c2cccc(-c3ccccc3-n3c4ccccc4c4ccccc43)c2)c1C#N. The summed E-state index contributed by atoms with van der Waals surface area (Å²) >= 11 is 0. The molecule has 0 amide bonds. The summed E-state index contributed by atoms with van der Waals surface area (Å²) in [5.41, 5.74) is 10.6. The summed E-state index contributed by atoms with van der Waals surface area (Å²) in [7, 11) is 0. The van der Waals surface area contributed by atoms with E-state index in [1.165, 1.54) is 10.8 Å². The topological polar surface area (TPSA) is 81.2 Å². The maximum absolute atomic E-state index is 10.8. The summed E-state index contributed by atoms with van der Waals surface area (Å²) in [5.74, 6) is 0. The minimum atomic E-state index is 0.394. The van der Waals surface area contributed by atoms with Crippen molar-refractivity contribution in [2.45, 2.75) is 0 Å². The molecule has 5 nitrogen and oxygen atoms in total. The highest BCUT2D eigenvalue weighted by Crippen LogP contribution is 2.40. The molecule has 2 heterocycles. The lowest BCUT2D eigenvalue weighted by Gasteiger charge is -2.17. The first-order valence-electron chi connectivity index (χ1n) is 16.3. The Bertz CT molecular complexity index is 2920. The fraction of sp³-hybridized carbons (Fsp3) is 0. The predicted octanol–water partition coefficient (Wildman–Crippen LogP) is 10.8. The van der Waals surface area contributed by atoms with E-state index in [-0.39, 0.29) is 0 Å². The molecule has 9 rings (SSSR count). The van der Waals surface area contributed by atoms with Crippen molar-refractivity contribution in [2.24, 2.45) is 0 Å². The fourth-order valence-corrected chi connectivity index (χ4v) is 7.50. The van der Waals surface area contributed by atoms with E-state index in [2.05, 4.69) is 108 Å². The molecule has 0 atom stereocenters. The van der Waals surface area contributed by atoms with Crippen molar-refractivity contribution in [3.63, 3.8) is 0 Å². The third-order valence-electron chi connectivity index (χ3n) is 9.65. The van der Waals surface area contributed by atoms with Crippen LogP contribution in [0.2, 0.25) is 0 Å². The van der Waals surface area contributed by atoms with E-state index >= 15 is 0 Å². The summed E-state index contributed by atoms with van der Waals surface area (Å²) in [6.07, 6.45) is 0. The Morgan fingerprint density at radius 2 is 0.980 bits per heavy atom. The minimum Gasteiger partial charge on any atom is -0.309 e. The van der Waals surface area contributed by atoms with Crippen LogP contribution < -0.4 is 0 Å². The van der Waals surface area contributed by atoms with Gasteiger partial charge in [-0.3, -0.25) is 0 Å². The van der Waals surface area contributed by atoms with E-state index in [1.54, 1.807) is 12.1 Å². The monoisotopic (exact) mass is 635 g/mol. The molecule has 0 fully saturated rings. The minimum absolute atomic E-state index is 0.394. The van der Waals surface area contributed by atoms with E-state index < -0.39 is 0 Å². The van der Waals surface area contributed by atoms with Crippen LogP contribution in [0.1, 0.15) is 16.7 Å². The van der Waals surface area contributed by atoms with Gasteiger partial charge in [0.05, 0.1) is 56.2 Å². The van der Waals surface area contributed by atoms with Gasteiger partial charge in [-0.2, -0.15) is 15.8 Å². The fourth-order valence-electron chi connectivity index (χ4n) is 7.50. The molecule has 0 spiro atoms. The number of fused-ring (bicyclic) bond motifs is 6. The van der Waals surface area contributed by atoms with Crippen molar-refractivity contribution >= 4 is 43.6 Å². The molecule has 0 unspecified atom stereocenters. The van der Waals surface area contributed by atoms with E-state index in [9.17, 15) is 15.8 Å². The summed E-state index contributed by atoms with van der Waals surface area (Å²) < 4.78 is 4.32. The highest BCUT2D eigenvalue weighted by Gasteiger charge is 2.22. The Morgan fingerprint density at radius 1 is 0.400 bits per heavy atom. The molecule has 0 aliphatic heterocycles. The van der Waals surface area contributed by atoms with Crippen LogP contribution in [-0.4, -0.2) is 9.13 Å². The number of nitrogens with zero attached hydrogens (tertiary/aromatic N) is 5. The van der Waals surface area contributed by atoms with Crippen LogP contribution in [0, 0.1) is 34.0 Å². The first-order valence-corrected chi connectivity index (χ1v) is 16.3. The Labute approximate surface area is 287 Å². The third-order valence-corrected chi connectivity index (χ3v) is 9.65. The maximum atomic E-state index is 10.8. The second-order valence-corrected chi connectivity index (χ2v) is 12.3. The number of aromatic nitrogens is 2. The van der Waals surface area contributed by atoms with Crippen LogP contribution >= 0.6 is 0 Å². The molecule has 9 aromatic rings. The zero-order valence-corrected chi connectivity index (χ0v) is 26.7. The van der Waals surface area contributed by atoms with Crippen molar-refractivity contribution in [1.29, 1.82) is 15.8 Å². The number of rotatable bonds is 4. The molecule has 50 heavy (non-hydrogen) atoms. The van der Waals surface area contributed by atoms with Crippen molar-refractivity contribution in [3.05, 3.63) is 168 Å². The van der Waals surface area contributed by atoms with Gasteiger partial charge in [0.25, 0.3) is 0 Å². The molecular weight excluding hydrogens is 611 g/mol. The Hall–Kier alpha value is -7.39. The zero-order valence-electron chi connectivity index (χ0n) is 26.7. The summed E-state index contributed by atoms with van der Waals surface area (Å²) in [5, 5.41) is 35.1. The van der Waals surface area contributed by atoms with Crippen molar-refractivity contribution < 1.29 is 0 Å². The van der Waals surface area contributed by atoms with E-state index in [0.29, 0.717) is 22.4 Å². The second-order valence-electron chi connectivity index (χ2n) is 12.3. The normalized spacial score (nSPS) is 11.1. The summed E-state index contributed by atoms with van der Waals surface area (Å²) in [4.78, 5) is 0. The molecule has 0 N–H and O–H groups in total. The third kappa shape index (κ3) is 4.24. The van der Waals surface area contributed by atoms with Gasteiger partial charge in [0.1, 0.15) is 12.1 Å². The number of nitriles is 3. The van der Waals surface area contributed by atoms with Gasteiger partial charge in [0, 0.05) is 32.7 Å². The second kappa shape index (κ2) is 11.4.